The minimum absolute atomic E-state index is 0.00301. The Morgan fingerprint density at radius 1 is 1.05 bits per heavy atom. The molecule has 0 aromatic heterocycles. The van der Waals surface area contributed by atoms with Gasteiger partial charge in [0.25, 0.3) is 0 Å². The van der Waals surface area contributed by atoms with Crippen LogP contribution in [0.1, 0.15) is 21.5 Å². The van der Waals surface area contributed by atoms with E-state index in [4.69, 9.17) is 9.47 Å². The SMILES string of the molecule is COc1ccc(C)cc1CC(=O)c1ccc(Br)cc1OC. The molecule has 0 aliphatic carbocycles. The summed E-state index contributed by atoms with van der Waals surface area (Å²) in [5, 5.41) is 0. The maximum atomic E-state index is 12.5. The molecule has 0 spiro atoms. The number of benzene rings is 2. The van der Waals surface area contributed by atoms with E-state index in [1.165, 1.54) is 0 Å². The third-order valence-corrected chi connectivity index (χ3v) is 3.74. The second kappa shape index (κ2) is 6.76. The second-order valence-electron chi connectivity index (χ2n) is 4.76. The number of carbonyl (C=O) groups is 1. The first-order valence-corrected chi connectivity index (χ1v) is 7.34. The van der Waals surface area contributed by atoms with E-state index >= 15 is 0 Å². The van der Waals surface area contributed by atoms with Crippen LogP contribution in [0.5, 0.6) is 11.5 Å². The van der Waals surface area contributed by atoms with E-state index in [-0.39, 0.29) is 12.2 Å². The van der Waals surface area contributed by atoms with Gasteiger partial charge in [0.2, 0.25) is 0 Å². The summed E-state index contributed by atoms with van der Waals surface area (Å²) in [5.74, 6) is 1.30. The summed E-state index contributed by atoms with van der Waals surface area (Å²) in [4.78, 5) is 12.5. The molecular formula is C17H17BrO3. The fraction of sp³-hybridized carbons (Fsp3) is 0.235. The van der Waals surface area contributed by atoms with E-state index in [1.54, 1.807) is 26.4 Å². The van der Waals surface area contributed by atoms with E-state index in [9.17, 15) is 4.79 Å². The van der Waals surface area contributed by atoms with Crippen LogP contribution >= 0.6 is 15.9 Å². The molecule has 2 aromatic rings. The highest BCUT2D eigenvalue weighted by atomic mass is 79.9. The van der Waals surface area contributed by atoms with Gasteiger partial charge in [-0.2, -0.15) is 0 Å². The van der Waals surface area contributed by atoms with E-state index < -0.39 is 0 Å². The first-order valence-electron chi connectivity index (χ1n) is 6.55. The molecule has 0 N–H and O–H groups in total. The van der Waals surface area contributed by atoms with Crippen molar-refractivity contribution in [2.24, 2.45) is 0 Å². The number of hydrogen-bond acceptors (Lipinski definition) is 3. The average molecular weight is 349 g/mol. The number of halogens is 1. The van der Waals surface area contributed by atoms with Gasteiger partial charge in [0.15, 0.2) is 5.78 Å². The normalized spacial score (nSPS) is 10.3. The molecule has 0 aliphatic rings. The molecule has 21 heavy (non-hydrogen) atoms. The maximum Gasteiger partial charge on any atom is 0.171 e. The Morgan fingerprint density at radius 3 is 2.43 bits per heavy atom. The highest BCUT2D eigenvalue weighted by molar-refractivity contribution is 9.10. The number of hydrogen-bond donors (Lipinski definition) is 0. The van der Waals surface area contributed by atoms with Crippen LogP contribution in [0.2, 0.25) is 0 Å². The van der Waals surface area contributed by atoms with Crippen molar-refractivity contribution >= 4 is 21.7 Å². The Balaban J connectivity index is 2.32. The molecule has 0 aliphatic heterocycles. The van der Waals surface area contributed by atoms with Crippen molar-refractivity contribution in [3.05, 3.63) is 57.6 Å². The molecule has 0 fully saturated rings. The van der Waals surface area contributed by atoms with Crippen molar-refractivity contribution in [1.82, 2.24) is 0 Å². The Hall–Kier alpha value is -1.81. The van der Waals surface area contributed by atoms with Crippen LogP contribution < -0.4 is 9.47 Å². The minimum Gasteiger partial charge on any atom is -0.496 e. The number of methoxy groups -OCH3 is 2. The number of rotatable bonds is 5. The molecule has 0 saturated heterocycles. The van der Waals surface area contributed by atoms with Gasteiger partial charge in [-0.1, -0.05) is 33.6 Å². The lowest BCUT2D eigenvalue weighted by molar-refractivity contribution is 0.0989. The van der Waals surface area contributed by atoms with E-state index in [0.29, 0.717) is 11.3 Å². The smallest absolute Gasteiger partial charge is 0.171 e. The molecule has 2 aromatic carbocycles. The first-order chi connectivity index (χ1) is 10.0. The van der Waals surface area contributed by atoms with Gasteiger partial charge < -0.3 is 9.47 Å². The fourth-order valence-electron chi connectivity index (χ4n) is 2.21. The van der Waals surface area contributed by atoms with Crippen LogP contribution in [-0.2, 0) is 6.42 Å². The lowest BCUT2D eigenvalue weighted by Crippen LogP contribution is -2.07. The largest absolute Gasteiger partial charge is 0.496 e. The molecule has 4 heteroatoms. The Bertz CT molecular complexity index is 665. The number of aryl methyl sites for hydroxylation is 1. The predicted octanol–water partition coefficient (Wildman–Crippen LogP) is 4.20. The van der Waals surface area contributed by atoms with Crippen LogP contribution in [0.25, 0.3) is 0 Å². The number of Topliss-reactive ketones (excluding diaryl/α,β-unsaturated/α-hetero) is 1. The third kappa shape index (κ3) is 3.64. The van der Waals surface area contributed by atoms with Crippen molar-refractivity contribution < 1.29 is 14.3 Å². The summed E-state index contributed by atoms with van der Waals surface area (Å²) in [6.45, 7) is 1.99. The maximum absolute atomic E-state index is 12.5. The van der Waals surface area contributed by atoms with E-state index in [2.05, 4.69) is 15.9 Å². The molecule has 0 saturated carbocycles. The van der Waals surface area contributed by atoms with Gasteiger partial charge in [0.05, 0.1) is 19.8 Å². The molecular weight excluding hydrogens is 332 g/mol. The number of carbonyl (C=O) groups excluding carboxylic acids is 1. The van der Waals surface area contributed by atoms with Crippen molar-refractivity contribution in [2.45, 2.75) is 13.3 Å². The number of ether oxygens (including phenoxy) is 2. The molecule has 110 valence electrons. The molecule has 0 amide bonds. The highest BCUT2D eigenvalue weighted by Gasteiger charge is 2.15. The standard InChI is InChI=1S/C17H17BrO3/c1-11-4-7-16(20-2)12(8-11)9-15(19)14-6-5-13(18)10-17(14)21-3/h4-8,10H,9H2,1-3H3. The van der Waals surface area contributed by atoms with E-state index in [0.717, 1.165) is 21.3 Å². The van der Waals surface area contributed by atoms with Gasteiger partial charge in [-0.3, -0.25) is 4.79 Å². The molecule has 0 radical (unpaired) electrons. The summed E-state index contributed by atoms with van der Waals surface area (Å²) in [6.07, 6.45) is 0.281. The average Bonchev–Trinajstić information content (AvgIpc) is 2.47. The van der Waals surface area contributed by atoms with Crippen LogP contribution in [0.15, 0.2) is 40.9 Å². The lowest BCUT2D eigenvalue weighted by Gasteiger charge is -2.11. The van der Waals surface area contributed by atoms with Crippen molar-refractivity contribution in [2.75, 3.05) is 14.2 Å². The molecule has 3 nitrogen and oxygen atoms in total. The Morgan fingerprint density at radius 2 is 1.76 bits per heavy atom. The van der Waals surface area contributed by atoms with Gasteiger partial charge >= 0.3 is 0 Å². The summed E-state index contributed by atoms with van der Waals surface area (Å²) >= 11 is 3.37. The van der Waals surface area contributed by atoms with E-state index in [1.807, 2.05) is 31.2 Å². The summed E-state index contributed by atoms with van der Waals surface area (Å²) in [7, 11) is 3.17. The van der Waals surface area contributed by atoms with Crippen molar-refractivity contribution in [1.29, 1.82) is 0 Å². The minimum atomic E-state index is 0.00301. The lowest BCUT2D eigenvalue weighted by atomic mass is 10.00. The zero-order valence-corrected chi connectivity index (χ0v) is 13.9. The number of ketones is 1. The summed E-state index contributed by atoms with van der Waals surface area (Å²) in [6, 6.07) is 11.2. The highest BCUT2D eigenvalue weighted by Crippen LogP contribution is 2.27. The Kier molecular flexibility index (Phi) is 5.02. The van der Waals surface area contributed by atoms with Crippen LogP contribution in [-0.4, -0.2) is 20.0 Å². The van der Waals surface area contributed by atoms with Crippen molar-refractivity contribution in [3.8, 4) is 11.5 Å². The van der Waals surface area contributed by atoms with Gasteiger partial charge in [0.1, 0.15) is 11.5 Å². The topological polar surface area (TPSA) is 35.5 Å². The monoisotopic (exact) mass is 348 g/mol. The molecule has 0 bridgehead atoms. The van der Waals surface area contributed by atoms with Gasteiger partial charge in [-0.05, 0) is 31.2 Å². The zero-order valence-electron chi connectivity index (χ0n) is 12.3. The van der Waals surface area contributed by atoms with Crippen LogP contribution in [0.4, 0.5) is 0 Å². The zero-order chi connectivity index (χ0) is 15.4. The van der Waals surface area contributed by atoms with Gasteiger partial charge in [-0.15, -0.1) is 0 Å². The second-order valence-corrected chi connectivity index (χ2v) is 5.68. The first kappa shape index (κ1) is 15.6. The van der Waals surface area contributed by atoms with Crippen LogP contribution in [0, 0.1) is 6.92 Å². The fourth-order valence-corrected chi connectivity index (χ4v) is 2.55. The molecule has 2 rings (SSSR count). The third-order valence-electron chi connectivity index (χ3n) is 3.25. The van der Waals surface area contributed by atoms with Crippen LogP contribution in [0.3, 0.4) is 0 Å². The summed E-state index contributed by atoms with van der Waals surface area (Å²) in [5.41, 5.74) is 2.55. The van der Waals surface area contributed by atoms with Gasteiger partial charge in [0, 0.05) is 16.5 Å². The summed E-state index contributed by atoms with van der Waals surface area (Å²) < 4.78 is 11.5. The quantitative estimate of drug-likeness (QED) is 0.759. The molecule has 0 heterocycles. The molecule has 0 unspecified atom stereocenters. The van der Waals surface area contributed by atoms with Crippen molar-refractivity contribution in [3.63, 3.8) is 0 Å². The van der Waals surface area contributed by atoms with Gasteiger partial charge in [-0.25, -0.2) is 0 Å². The molecule has 0 atom stereocenters. The Labute approximate surface area is 133 Å². The predicted molar refractivity (Wildman–Crippen MR) is 86.5 cm³/mol.